The Kier molecular flexibility index (Phi) is 45.7. The molecule has 0 aliphatic carbocycles. The third-order valence-corrected chi connectivity index (χ3v) is 23.2. The van der Waals surface area contributed by atoms with Crippen molar-refractivity contribution in [2.45, 2.75) is 96.3 Å². The topological polar surface area (TPSA) is 326 Å². The van der Waals surface area contributed by atoms with Gasteiger partial charge in [-0.25, -0.2) is 15.0 Å². The molecule has 0 saturated carbocycles. The van der Waals surface area contributed by atoms with Crippen LogP contribution in [-0.2, 0) is 56.1 Å². The third-order valence-electron chi connectivity index (χ3n) is 22.4. The summed E-state index contributed by atoms with van der Waals surface area (Å²) in [5, 5.41) is 46.5. The van der Waals surface area contributed by atoms with E-state index in [1.165, 1.54) is 0 Å². The highest BCUT2D eigenvalue weighted by molar-refractivity contribution is 7.13. The fourth-order valence-electron chi connectivity index (χ4n) is 15.0. The van der Waals surface area contributed by atoms with Gasteiger partial charge in [0.15, 0.2) is 5.13 Å². The van der Waals surface area contributed by atoms with Crippen molar-refractivity contribution in [1.29, 1.82) is 0 Å². The van der Waals surface area contributed by atoms with Gasteiger partial charge >= 0.3 is 29.8 Å². The van der Waals surface area contributed by atoms with Crippen LogP contribution in [0.25, 0.3) is 0 Å². The lowest BCUT2D eigenvalue weighted by atomic mass is 10.1. The lowest BCUT2D eigenvalue weighted by Gasteiger charge is -2.24. The predicted molar refractivity (Wildman–Crippen MR) is 570 cm³/mol. The highest BCUT2D eigenvalue weighted by atomic mass is 32.1. The maximum Gasteiger partial charge on any atom is 0.303 e. The molecule has 15 rings (SSSR count). The maximum atomic E-state index is 10.6. The van der Waals surface area contributed by atoms with Gasteiger partial charge in [0.05, 0.1) is 51.7 Å². The summed E-state index contributed by atoms with van der Waals surface area (Å²) in [6, 6.07) is 109. The Balaban J connectivity index is 0.000000172. The van der Waals surface area contributed by atoms with E-state index in [0.29, 0.717) is 104 Å². The summed E-state index contributed by atoms with van der Waals surface area (Å²) < 4.78 is 34.9. The maximum absolute atomic E-state index is 10.6. The molecule has 0 atom stereocenters. The summed E-state index contributed by atoms with van der Waals surface area (Å²) in [7, 11) is 5.65. The lowest BCUT2D eigenvalue weighted by molar-refractivity contribution is -0.138. The number of thiazole rings is 1. The number of hydrogen-bond acceptors (Lipinski definition) is 23. The minimum absolute atomic E-state index is 0.186. The molecule has 0 radical (unpaired) electrons. The fourth-order valence-corrected chi connectivity index (χ4v) is 15.7. The normalized spacial score (nSPS) is 10.5. The van der Waals surface area contributed by atoms with Crippen molar-refractivity contribution in [3.05, 3.63) is 398 Å². The SMILES string of the molecule is CN(C)c1ccc(N(CCOc2ccc(CCCC(=O)O)cc2)c2ccccn2)cc1.COc1cccc(N(CCOc2ccc(CCCC(=O)O)cc2)c2ccccc2)n1.O=C(O)CCCc1ccc(OCCN(c2ccccc2)c2ccccn2)cc1.O=C(O)CCCc1ccc(OCCN(c2ccccc2)c2cccnc2)cc1.O=C(O)CCCc1ccc(OCCN(c2ccccc2)c2nccs2)cc1. The summed E-state index contributed by atoms with van der Waals surface area (Å²) in [4.78, 5) is 87.9. The number of benzene rings is 10. The molecule has 0 unspecified atom stereocenters. The van der Waals surface area contributed by atoms with Crippen molar-refractivity contribution in [2.24, 2.45) is 0 Å². The molecule has 5 aromatic heterocycles. The minimum Gasteiger partial charge on any atom is -0.492 e. The molecule has 28 heteroatoms. The van der Waals surface area contributed by atoms with E-state index in [1.54, 1.807) is 43.2 Å². The molecule has 144 heavy (non-hydrogen) atoms. The molecule has 0 fully saturated rings. The number of pyridine rings is 4. The average molecular weight is 1960 g/mol. The van der Waals surface area contributed by atoms with Gasteiger partial charge in [-0.1, -0.05) is 152 Å². The predicted octanol–water partition coefficient (Wildman–Crippen LogP) is 23.7. The Hall–Kier alpha value is -16.6. The van der Waals surface area contributed by atoms with Crippen LogP contribution in [-0.4, -0.2) is 167 Å². The van der Waals surface area contributed by atoms with E-state index in [1.807, 2.05) is 299 Å². The number of aliphatic carboxylic acids is 5. The number of carboxylic acids is 5. The van der Waals surface area contributed by atoms with Gasteiger partial charge < -0.3 is 83.4 Å². The van der Waals surface area contributed by atoms with Gasteiger partial charge in [-0.3, -0.25) is 29.0 Å². The Morgan fingerprint density at radius 2 is 0.569 bits per heavy atom. The third kappa shape index (κ3) is 39.2. The minimum atomic E-state index is -0.761. The Labute approximate surface area is 846 Å². The van der Waals surface area contributed by atoms with Crippen LogP contribution in [0.5, 0.6) is 34.6 Å². The number of ether oxygens (including phenoxy) is 6. The first kappa shape index (κ1) is 108. The van der Waals surface area contributed by atoms with Gasteiger partial charge in [-0.05, 0) is 268 Å². The van der Waals surface area contributed by atoms with E-state index in [4.69, 9.17) is 54.0 Å². The molecule has 15 aromatic rings. The Morgan fingerprint density at radius 1 is 0.278 bits per heavy atom. The Bertz CT molecular complexity index is 5930. The van der Waals surface area contributed by atoms with Crippen molar-refractivity contribution in [2.75, 3.05) is 116 Å². The molecular formula is C116H125N11O16S. The highest BCUT2D eigenvalue weighted by Gasteiger charge is 2.19. The summed E-state index contributed by atoms with van der Waals surface area (Å²) in [6.07, 6.45) is 17.0. The van der Waals surface area contributed by atoms with E-state index in [0.717, 1.165) is 151 Å². The summed E-state index contributed by atoms with van der Waals surface area (Å²) in [5.41, 5.74) is 13.1. The number of methoxy groups -OCH3 is 1. The average Bonchev–Trinajstić information content (AvgIpc) is 1.21. The molecule has 0 bridgehead atoms. The zero-order valence-corrected chi connectivity index (χ0v) is 82.3. The van der Waals surface area contributed by atoms with Crippen LogP contribution in [0, 0.1) is 0 Å². The second-order valence-corrected chi connectivity index (χ2v) is 34.0. The summed E-state index contributed by atoms with van der Waals surface area (Å²) in [5.74, 6) is 3.33. The van der Waals surface area contributed by atoms with Crippen LogP contribution in [0.2, 0.25) is 0 Å². The molecule has 0 aliphatic rings. The number of anilines is 11. The monoisotopic (exact) mass is 1960 g/mol. The molecule has 0 saturated heterocycles. The molecular weight excluding hydrogens is 1840 g/mol. The molecule has 0 spiro atoms. The van der Waals surface area contributed by atoms with Gasteiger partial charge in [0.1, 0.15) is 79.2 Å². The number of para-hydroxylation sites is 4. The van der Waals surface area contributed by atoms with Crippen LogP contribution < -0.4 is 57.8 Å². The standard InChI is InChI=1S/C25H29N3O3.C24H26N2O4.2C23H24N2O3.C21H22N2O3S/c1-27(2)21-11-13-22(14-12-21)28(24-7-3-4-17-26-24)18-19-31-23-15-9-20(10-16-23)6-5-8-25(29)30;1-29-23-11-6-10-22(25-23)26(20-8-3-2-4-9-20)17-18-30-21-15-13-19(14-16-21)7-5-12-24(27)28;26-23(27)10-4-6-19-11-13-22(14-12-19)28-17-16-25(20-7-2-1-3-8-20)21-9-5-15-24-18-21;26-23(27)11-6-7-19-12-14-21(15-13-19)28-18-17-25(20-8-2-1-3-9-20)22-10-4-5-16-24-22;24-20(25)8-4-5-17-9-11-19(12-10-17)26-15-14-23(21-22-13-16-27-21)18-6-2-1-3-7-18/h3-4,7,9-17H,5-6,8,18-19H2,1-2H3,(H,29,30);2-4,6,8-11,13-16H,5,7,12,17-18H2,1H3,(H,27,28);1-3,5,7-9,11-15,18H,4,6,10,16-17H2,(H,26,27);1-5,8-10,12-16H,6-7,11,17-18H2,(H,26,27);1-3,6-7,9-13,16H,4-5,8,14-15H2,(H,24,25). The van der Waals surface area contributed by atoms with Crippen molar-refractivity contribution in [1.82, 2.24) is 24.9 Å². The van der Waals surface area contributed by atoms with Crippen molar-refractivity contribution >= 4 is 104 Å². The summed E-state index contributed by atoms with van der Waals surface area (Å²) >= 11 is 1.60. The number of nitrogens with zero attached hydrogens (tertiary/aromatic N) is 11. The smallest absolute Gasteiger partial charge is 0.303 e. The van der Waals surface area contributed by atoms with Gasteiger partial charge in [0, 0.05) is 117 Å². The number of aromatic nitrogens is 5. The van der Waals surface area contributed by atoms with Crippen LogP contribution >= 0.6 is 11.3 Å². The van der Waals surface area contributed by atoms with E-state index in [-0.39, 0.29) is 32.1 Å². The van der Waals surface area contributed by atoms with E-state index in [2.05, 4.69) is 115 Å². The molecule has 0 amide bonds. The van der Waals surface area contributed by atoms with Crippen molar-refractivity contribution < 1.29 is 77.9 Å². The fraction of sp³-hybridized carbons (Fsp3) is 0.241. The van der Waals surface area contributed by atoms with Gasteiger partial charge in [0.2, 0.25) is 5.88 Å². The van der Waals surface area contributed by atoms with Crippen LogP contribution in [0.1, 0.15) is 92.0 Å². The van der Waals surface area contributed by atoms with E-state index in [9.17, 15) is 24.0 Å². The molecule has 5 heterocycles. The molecule has 10 aromatic carbocycles. The number of aryl methyl sites for hydroxylation is 5. The second kappa shape index (κ2) is 61.1. The van der Waals surface area contributed by atoms with Gasteiger partial charge in [-0.15, -0.1) is 11.3 Å². The quantitative estimate of drug-likeness (QED) is 0.0236. The number of hydrogen-bond donors (Lipinski definition) is 5. The first-order chi connectivity index (χ1) is 70.3. The highest BCUT2D eigenvalue weighted by Crippen LogP contribution is 2.33. The molecule has 0 aliphatic heterocycles. The Morgan fingerprint density at radius 3 is 0.868 bits per heavy atom. The largest absolute Gasteiger partial charge is 0.492 e. The first-order valence-corrected chi connectivity index (χ1v) is 48.9. The van der Waals surface area contributed by atoms with Crippen LogP contribution in [0.15, 0.2) is 370 Å². The number of carbonyl (C=O) groups is 5. The number of carboxylic acid groups (broad SMARTS) is 5. The van der Waals surface area contributed by atoms with Crippen LogP contribution in [0.4, 0.5) is 62.4 Å². The zero-order valence-electron chi connectivity index (χ0n) is 81.5. The molecule has 746 valence electrons. The summed E-state index contributed by atoms with van der Waals surface area (Å²) in [6.45, 7) is 5.88. The van der Waals surface area contributed by atoms with Crippen molar-refractivity contribution in [3.8, 4) is 34.6 Å². The van der Waals surface area contributed by atoms with Crippen LogP contribution in [0.3, 0.4) is 0 Å². The van der Waals surface area contributed by atoms with Gasteiger partial charge in [0.25, 0.3) is 0 Å². The molecule has 27 nitrogen and oxygen atoms in total. The van der Waals surface area contributed by atoms with Crippen molar-refractivity contribution in [3.63, 3.8) is 0 Å². The van der Waals surface area contributed by atoms with E-state index < -0.39 is 29.8 Å². The lowest BCUT2D eigenvalue weighted by Crippen LogP contribution is -2.24. The van der Waals surface area contributed by atoms with E-state index >= 15 is 0 Å². The molecule has 5 N–H and O–H groups in total. The second-order valence-electron chi connectivity index (χ2n) is 33.1. The first-order valence-electron chi connectivity index (χ1n) is 48.0. The zero-order chi connectivity index (χ0) is 101. The van der Waals surface area contributed by atoms with Gasteiger partial charge in [-0.2, -0.15) is 4.98 Å². The number of rotatable bonds is 52.